The van der Waals surface area contributed by atoms with E-state index in [1.54, 1.807) is 16.7 Å². The van der Waals surface area contributed by atoms with Gasteiger partial charge in [0, 0.05) is 33.1 Å². The van der Waals surface area contributed by atoms with Crippen LogP contribution in [0.15, 0.2) is 0 Å². The molecule has 0 N–H and O–H groups in total. The monoisotopic (exact) mass is 248 g/mol. The number of amides is 2. The van der Waals surface area contributed by atoms with Crippen LogP contribution in [-0.2, 0) is 9.59 Å². The highest BCUT2D eigenvalue weighted by Gasteiger charge is 2.20. The van der Waals surface area contributed by atoms with Gasteiger partial charge in [-0.2, -0.15) is 0 Å². The van der Waals surface area contributed by atoms with Gasteiger partial charge in [-0.05, 0) is 0 Å². The lowest BCUT2D eigenvalue weighted by Crippen LogP contribution is -2.50. The van der Waals surface area contributed by atoms with Crippen molar-refractivity contribution in [2.75, 3.05) is 31.5 Å². The molecule has 0 saturated carbocycles. The lowest BCUT2D eigenvalue weighted by Gasteiger charge is -2.33. The molecule has 74 valence electrons. The maximum absolute atomic E-state index is 11.2. The number of halogens is 1. The summed E-state index contributed by atoms with van der Waals surface area (Å²) in [6.07, 6.45) is 0. The van der Waals surface area contributed by atoms with Crippen LogP contribution in [0.3, 0.4) is 0 Å². The number of carbonyl (C=O) groups is 2. The molecule has 0 bridgehead atoms. The molecule has 0 radical (unpaired) electrons. The maximum Gasteiger partial charge on any atom is 0.233 e. The van der Waals surface area contributed by atoms with Gasteiger partial charge in [0.25, 0.3) is 0 Å². The van der Waals surface area contributed by atoms with Crippen molar-refractivity contribution in [1.82, 2.24) is 9.80 Å². The summed E-state index contributed by atoms with van der Waals surface area (Å²) in [5, 5.41) is 0.368. The zero-order chi connectivity index (χ0) is 9.84. The quantitative estimate of drug-likeness (QED) is 0.617. The lowest BCUT2D eigenvalue weighted by atomic mass is 10.3. The van der Waals surface area contributed by atoms with Crippen molar-refractivity contribution in [3.05, 3.63) is 0 Å². The maximum atomic E-state index is 11.2. The molecule has 1 aliphatic rings. The molecule has 5 heteroatoms. The molecule has 13 heavy (non-hydrogen) atoms. The second-order valence-corrected chi connectivity index (χ2v) is 3.58. The molecule has 0 aliphatic carbocycles. The van der Waals surface area contributed by atoms with E-state index in [1.807, 2.05) is 0 Å². The standard InChI is InChI=1S/C8H13BrN2O2/c1-7(12)10-2-4-11(5-3-10)8(13)6-9/h2-6H2,1H3. The third-order valence-corrected chi connectivity index (χ3v) is 2.67. The van der Waals surface area contributed by atoms with Crippen LogP contribution in [-0.4, -0.2) is 53.1 Å². The second kappa shape index (κ2) is 4.60. The Bertz CT molecular complexity index is 212. The molecule has 1 rings (SSSR count). The molecular formula is C8H13BrN2O2. The lowest BCUT2D eigenvalue weighted by molar-refractivity contribution is -0.136. The van der Waals surface area contributed by atoms with Gasteiger partial charge in [0.05, 0.1) is 5.33 Å². The smallest absolute Gasteiger partial charge is 0.233 e. The van der Waals surface area contributed by atoms with E-state index in [9.17, 15) is 9.59 Å². The van der Waals surface area contributed by atoms with Gasteiger partial charge in [0.15, 0.2) is 0 Å². The van der Waals surface area contributed by atoms with Crippen molar-refractivity contribution in [2.45, 2.75) is 6.92 Å². The summed E-state index contributed by atoms with van der Waals surface area (Å²) in [6.45, 7) is 4.19. The predicted molar refractivity (Wildman–Crippen MR) is 52.6 cm³/mol. The van der Waals surface area contributed by atoms with E-state index in [0.717, 1.165) is 0 Å². The normalized spacial score (nSPS) is 17.4. The van der Waals surface area contributed by atoms with Crippen molar-refractivity contribution in [2.24, 2.45) is 0 Å². The van der Waals surface area contributed by atoms with Gasteiger partial charge in [-0.15, -0.1) is 0 Å². The van der Waals surface area contributed by atoms with Crippen LogP contribution in [0.25, 0.3) is 0 Å². The number of alkyl halides is 1. The highest BCUT2D eigenvalue weighted by molar-refractivity contribution is 9.09. The van der Waals surface area contributed by atoms with Gasteiger partial charge >= 0.3 is 0 Å². The van der Waals surface area contributed by atoms with E-state index in [2.05, 4.69) is 15.9 Å². The SMILES string of the molecule is CC(=O)N1CCN(C(=O)CBr)CC1. The van der Waals surface area contributed by atoms with E-state index in [1.165, 1.54) is 0 Å². The Labute approximate surface area is 86.0 Å². The van der Waals surface area contributed by atoms with Crippen molar-refractivity contribution >= 4 is 27.7 Å². The van der Waals surface area contributed by atoms with E-state index in [4.69, 9.17) is 0 Å². The van der Waals surface area contributed by atoms with Gasteiger partial charge in [-0.1, -0.05) is 15.9 Å². The number of hydrogen-bond acceptors (Lipinski definition) is 2. The van der Waals surface area contributed by atoms with E-state index >= 15 is 0 Å². The molecule has 1 aliphatic heterocycles. The minimum atomic E-state index is 0.0888. The van der Waals surface area contributed by atoms with Crippen molar-refractivity contribution in [1.29, 1.82) is 0 Å². The van der Waals surface area contributed by atoms with Crippen LogP contribution in [0.2, 0.25) is 0 Å². The number of piperazine rings is 1. The number of hydrogen-bond donors (Lipinski definition) is 0. The topological polar surface area (TPSA) is 40.6 Å². The summed E-state index contributed by atoms with van der Waals surface area (Å²) in [5.74, 6) is 0.189. The van der Waals surface area contributed by atoms with Gasteiger partial charge in [0.2, 0.25) is 11.8 Å². The molecule has 0 aromatic carbocycles. The molecule has 1 saturated heterocycles. The largest absolute Gasteiger partial charge is 0.339 e. The van der Waals surface area contributed by atoms with Gasteiger partial charge in [0.1, 0.15) is 0 Å². The number of nitrogens with zero attached hydrogens (tertiary/aromatic N) is 2. The molecule has 0 aromatic heterocycles. The minimum absolute atomic E-state index is 0.0888. The second-order valence-electron chi connectivity index (χ2n) is 3.02. The van der Waals surface area contributed by atoms with Crippen LogP contribution in [0.1, 0.15) is 6.92 Å². The van der Waals surface area contributed by atoms with E-state index < -0.39 is 0 Å². The first-order chi connectivity index (χ1) is 6.15. The summed E-state index contributed by atoms with van der Waals surface area (Å²) >= 11 is 3.12. The minimum Gasteiger partial charge on any atom is -0.339 e. The van der Waals surface area contributed by atoms with Crippen LogP contribution < -0.4 is 0 Å². The highest BCUT2D eigenvalue weighted by atomic mass is 79.9. The Balaban J connectivity index is 2.39. The Hall–Kier alpha value is -0.580. The summed E-state index contributed by atoms with van der Waals surface area (Å²) in [4.78, 5) is 25.7. The van der Waals surface area contributed by atoms with Crippen LogP contribution >= 0.6 is 15.9 Å². The van der Waals surface area contributed by atoms with E-state index in [0.29, 0.717) is 31.5 Å². The van der Waals surface area contributed by atoms with Crippen molar-refractivity contribution in [3.63, 3.8) is 0 Å². The van der Waals surface area contributed by atoms with Gasteiger partial charge in [-0.3, -0.25) is 9.59 Å². The molecule has 0 unspecified atom stereocenters. The average molecular weight is 249 g/mol. The Kier molecular flexibility index (Phi) is 3.71. The van der Waals surface area contributed by atoms with Gasteiger partial charge < -0.3 is 9.80 Å². The first-order valence-electron chi connectivity index (χ1n) is 4.24. The molecule has 1 heterocycles. The van der Waals surface area contributed by atoms with Crippen molar-refractivity contribution in [3.8, 4) is 0 Å². The number of carbonyl (C=O) groups excluding carboxylic acids is 2. The molecule has 1 fully saturated rings. The zero-order valence-corrected chi connectivity index (χ0v) is 9.21. The summed E-state index contributed by atoms with van der Waals surface area (Å²) in [5.41, 5.74) is 0. The van der Waals surface area contributed by atoms with Crippen LogP contribution in [0, 0.1) is 0 Å². The Morgan fingerprint density at radius 2 is 1.62 bits per heavy atom. The highest BCUT2D eigenvalue weighted by Crippen LogP contribution is 2.03. The zero-order valence-electron chi connectivity index (χ0n) is 7.62. The van der Waals surface area contributed by atoms with Crippen LogP contribution in [0.5, 0.6) is 0 Å². The number of rotatable bonds is 1. The van der Waals surface area contributed by atoms with E-state index in [-0.39, 0.29) is 11.8 Å². The third-order valence-electron chi connectivity index (χ3n) is 2.19. The average Bonchev–Trinajstić information content (AvgIpc) is 2.17. The fraction of sp³-hybridized carbons (Fsp3) is 0.750. The Morgan fingerprint density at radius 3 is 2.00 bits per heavy atom. The molecule has 2 amide bonds. The first-order valence-corrected chi connectivity index (χ1v) is 5.36. The predicted octanol–water partition coefficient (Wildman–Crippen LogP) is 0.0720. The van der Waals surface area contributed by atoms with Crippen LogP contribution in [0.4, 0.5) is 0 Å². The fourth-order valence-corrected chi connectivity index (χ4v) is 1.71. The molecule has 0 aromatic rings. The van der Waals surface area contributed by atoms with Gasteiger partial charge in [-0.25, -0.2) is 0 Å². The summed E-state index contributed by atoms with van der Waals surface area (Å²) < 4.78 is 0. The van der Waals surface area contributed by atoms with Crippen molar-refractivity contribution < 1.29 is 9.59 Å². The molecular weight excluding hydrogens is 236 g/mol. The first kappa shape index (κ1) is 10.5. The summed E-state index contributed by atoms with van der Waals surface area (Å²) in [7, 11) is 0. The Morgan fingerprint density at radius 1 is 1.15 bits per heavy atom. The molecule has 0 atom stereocenters. The summed E-state index contributed by atoms with van der Waals surface area (Å²) in [6, 6.07) is 0. The fourth-order valence-electron chi connectivity index (χ4n) is 1.36. The molecule has 4 nitrogen and oxygen atoms in total. The molecule has 0 spiro atoms. The third kappa shape index (κ3) is 2.69.